The number of nitrogens with zero attached hydrogens (tertiary/aromatic N) is 4. The lowest BCUT2D eigenvalue weighted by atomic mass is 10.1. The zero-order valence-corrected chi connectivity index (χ0v) is 16.5. The number of hydrogen-bond acceptors (Lipinski definition) is 6. The van der Waals surface area contributed by atoms with E-state index in [1.54, 1.807) is 4.90 Å². The molecule has 0 bridgehead atoms. The van der Waals surface area contributed by atoms with Crippen molar-refractivity contribution in [1.29, 1.82) is 0 Å². The molecule has 3 aliphatic rings. The highest BCUT2D eigenvalue weighted by Crippen LogP contribution is 2.23. The third-order valence-corrected chi connectivity index (χ3v) is 7.30. The van der Waals surface area contributed by atoms with Crippen molar-refractivity contribution in [2.45, 2.75) is 25.3 Å². The highest BCUT2D eigenvalue weighted by molar-refractivity contribution is 7.91. The van der Waals surface area contributed by atoms with E-state index in [1.165, 1.54) is 5.01 Å². The van der Waals surface area contributed by atoms with E-state index >= 15 is 0 Å². The number of rotatable bonds is 3. The molecular formula is C19H24N4O4S. The molecule has 150 valence electrons. The maximum absolute atomic E-state index is 12.9. The van der Waals surface area contributed by atoms with Gasteiger partial charge in [0.05, 0.1) is 17.5 Å². The highest BCUT2D eigenvalue weighted by atomic mass is 32.2. The standard InChI is InChI=1S/C19H24N4O4S/c24-18-7-6-17(20-23(18)16-8-13-28(26,27)14-16)19(25)22-11-9-21(10-12-22)15-4-2-1-3-5-15/h1-5,16H,6-14H2/t16-/m1/s1. The minimum absolute atomic E-state index is 0.0700. The average molecular weight is 404 g/mol. The van der Waals surface area contributed by atoms with Gasteiger partial charge in [-0.1, -0.05) is 18.2 Å². The van der Waals surface area contributed by atoms with Gasteiger partial charge in [-0.15, -0.1) is 0 Å². The van der Waals surface area contributed by atoms with Crippen LogP contribution >= 0.6 is 0 Å². The van der Waals surface area contributed by atoms with Crippen molar-refractivity contribution in [3.05, 3.63) is 30.3 Å². The lowest BCUT2D eigenvalue weighted by Gasteiger charge is -2.37. The van der Waals surface area contributed by atoms with E-state index in [1.807, 2.05) is 18.2 Å². The van der Waals surface area contributed by atoms with Gasteiger partial charge in [0.2, 0.25) is 5.91 Å². The summed E-state index contributed by atoms with van der Waals surface area (Å²) in [6, 6.07) is 9.64. The van der Waals surface area contributed by atoms with Crippen LogP contribution in [0, 0.1) is 0 Å². The van der Waals surface area contributed by atoms with Gasteiger partial charge < -0.3 is 9.80 Å². The van der Waals surface area contributed by atoms with Crippen LogP contribution in [-0.4, -0.2) is 79.6 Å². The second-order valence-electron chi connectivity index (χ2n) is 7.46. The van der Waals surface area contributed by atoms with Crippen LogP contribution in [0.2, 0.25) is 0 Å². The Hall–Kier alpha value is -2.42. The summed E-state index contributed by atoms with van der Waals surface area (Å²) in [4.78, 5) is 29.2. The molecule has 0 aromatic heterocycles. The van der Waals surface area contributed by atoms with E-state index in [2.05, 4.69) is 22.1 Å². The number of hydrogen-bond donors (Lipinski definition) is 0. The Labute approximate surface area is 164 Å². The Bertz CT molecular complexity index is 892. The molecule has 1 atom stereocenters. The fourth-order valence-corrected chi connectivity index (χ4v) is 5.66. The molecule has 9 heteroatoms. The Kier molecular flexibility index (Phi) is 5.09. The third kappa shape index (κ3) is 3.89. The molecule has 0 radical (unpaired) electrons. The van der Waals surface area contributed by atoms with E-state index in [0.29, 0.717) is 31.6 Å². The molecule has 4 rings (SSSR count). The predicted octanol–water partition coefficient (Wildman–Crippen LogP) is 0.501. The first-order chi connectivity index (χ1) is 13.4. The normalized spacial score (nSPS) is 25.0. The summed E-state index contributed by atoms with van der Waals surface area (Å²) >= 11 is 0. The largest absolute Gasteiger partial charge is 0.368 e. The predicted molar refractivity (Wildman–Crippen MR) is 106 cm³/mol. The monoisotopic (exact) mass is 404 g/mol. The van der Waals surface area contributed by atoms with Gasteiger partial charge in [-0.05, 0) is 18.6 Å². The van der Waals surface area contributed by atoms with Crippen molar-refractivity contribution >= 4 is 33.1 Å². The van der Waals surface area contributed by atoms with Crippen molar-refractivity contribution in [2.24, 2.45) is 5.10 Å². The zero-order valence-electron chi connectivity index (χ0n) is 15.7. The topological polar surface area (TPSA) is 90.4 Å². The van der Waals surface area contributed by atoms with Gasteiger partial charge in [-0.25, -0.2) is 13.4 Å². The molecule has 2 fully saturated rings. The van der Waals surface area contributed by atoms with Gasteiger partial charge in [-0.2, -0.15) is 5.10 Å². The van der Waals surface area contributed by atoms with Gasteiger partial charge in [0.15, 0.2) is 9.84 Å². The van der Waals surface area contributed by atoms with Gasteiger partial charge in [0, 0.05) is 44.7 Å². The van der Waals surface area contributed by atoms with Crippen molar-refractivity contribution < 1.29 is 18.0 Å². The fourth-order valence-electron chi connectivity index (χ4n) is 3.97. The van der Waals surface area contributed by atoms with Gasteiger partial charge >= 0.3 is 0 Å². The molecule has 8 nitrogen and oxygen atoms in total. The molecule has 0 saturated carbocycles. The Morgan fingerprint density at radius 2 is 1.75 bits per heavy atom. The molecule has 1 aromatic carbocycles. The molecule has 3 heterocycles. The Balaban J connectivity index is 1.42. The maximum atomic E-state index is 12.9. The average Bonchev–Trinajstić information content (AvgIpc) is 3.08. The van der Waals surface area contributed by atoms with E-state index < -0.39 is 15.9 Å². The summed E-state index contributed by atoms with van der Waals surface area (Å²) in [5.74, 6) is -0.347. The quantitative estimate of drug-likeness (QED) is 0.732. The molecule has 0 N–H and O–H groups in total. The number of benzene rings is 1. The molecular weight excluding hydrogens is 380 g/mol. The van der Waals surface area contributed by atoms with Crippen molar-refractivity contribution in [3.63, 3.8) is 0 Å². The number of carbonyl (C=O) groups is 2. The second kappa shape index (κ2) is 7.54. The Morgan fingerprint density at radius 1 is 1.04 bits per heavy atom. The lowest BCUT2D eigenvalue weighted by Crippen LogP contribution is -2.52. The number of anilines is 1. The first kappa shape index (κ1) is 18.9. The second-order valence-corrected chi connectivity index (χ2v) is 9.69. The fraction of sp³-hybridized carbons (Fsp3) is 0.526. The molecule has 1 aromatic rings. The van der Waals surface area contributed by atoms with Crippen LogP contribution in [0.1, 0.15) is 19.3 Å². The van der Waals surface area contributed by atoms with Crippen molar-refractivity contribution in [1.82, 2.24) is 9.91 Å². The number of hydrazone groups is 1. The number of para-hydroxylation sites is 1. The van der Waals surface area contributed by atoms with Crippen LogP contribution in [-0.2, 0) is 19.4 Å². The SMILES string of the molecule is O=C(C1=NN([C@@H]2CCS(=O)(=O)C2)C(=O)CC1)N1CCN(c2ccccc2)CC1. The summed E-state index contributed by atoms with van der Waals surface area (Å²) in [6.45, 7) is 2.68. The van der Waals surface area contributed by atoms with Crippen LogP contribution in [0.4, 0.5) is 5.69 Å². The number of sulfone groups is 1. The van der Waals surface area contributed by atoms with E-state index in [-0.39, 0.29) is 29.7 Å². The smallest absolute Gasteiger partial charge is 0.270 e. The first-order valence-corrected chi connectivity index (χ1v) is 11.4. The number of amides is 2. The van der Waals surface area contributed by atoms with Crippen LogP contribution in [0.15, 0.2) is 35.4 Å². The highest BCUT2D eigenvalue weighted by Gasteiger charge is 2.38. The molecule has 3 aliphatic heterocycles. The number of piperazine rings is 1. The summed E-state index contributed by atoms with van der Waals surface area (Å²) in [5.41, 5.74) is 1.50. The minimum atomic E-state index is -3.12. The lowest BCUT2D eigenvalue weighted by molar-refractivity contribution is -0.134. The molecule has 28 heavy (non-hydrogen) atoms. The van der Waals surface area contributed by atoms with E-state index in [9.17, 15) is 18.0 Å². The van der Waals surface area contributed by atoms with Gasteiger partial charge in [0.25, 0.3) is 5.91 Å². The molecule has 0 aliphatic carbocycles. The van der Waals surface area contributed by atoms with Gasteiger partial charge in [0.1, 0.15) is 5.71 Å². The maximum Gasteiger partial charge on any atom is 0.270 e. The zero-order chi connectivity index (χ0) is 19.7. The number of carbonyl (C=O) groups excluding carboxylic acids is 2. The van der Waals surface area contributed by atoms with Crippen LogP contribution in [0.5, 0.6) is 0 Å². The third-order valence-electron chi connectivity index (χ3n) is 5.55. The molecule has 0 unspecified atom stereocenters. The molecule has 2 saturated heterocycles. The summed E-state index contributed by atoms with van der Waals surface area (Å²) in [5, 5.41) is 5.55. The van der Waals surface area contributed by atoms with Gasteiger partial charge in [-0.3, -0.25) is 9.59 Å². The van der Waals surface area contributed by atoms with Crippen molar-refractivity contribution in [2.75, 3.05) is 42.6 Å². The summed E-state index contributed by atoms with van der Waals surface area (Å²) < 4.78 is 23.5. The summed E-state index contributed by atoms with van der Waals surface area (Å²) in [7, 11) is -3.12. The molecule has 0 spiro atoms. The minimum Gasteiger partial charge on any atom is -0.368 e. The van der Waals surface area contributed by atoms with Crippen LogP contribution < -0.4 is 4.90 Å². The first-order valence-electron chi connectivity index (χ1n) is 9.62. The Morgan fingerprint density at radius 3 is 2.39 bits per heavy atom. The van der Waals surface area contributed by atoms with E-state index in [0.717, 1.165) is 18.8 Å². The molecule has 2 amide bonds. The summed E-state index contributed by atoms with van der Waals surface area (Å²) in [6.07, 6.45) is 0.895. The van der Waals surface area contributed by atoms with Crippen LogP contribution in [0.25, 0.3) is 0 Å². The van der Waals surface area contributed by atoms with E-state index in [4.69, 9.17) is 0 Å². The van der Waals surface area contributed by atoms with Crippen molar-refractivity contribution in [3.8, 4) is 0 Å². The van der Waals surface area contributed by atoms with Crippen LogP contribution in [0.3, 0.4) is 0 Å².